The Kier molecular flexibility index (Phi) is 3.78. The molecule has 0 radical (unpaired) electrons. The number of aryl methyl sites for hydroxylation is 2. The van der Waals surface area contributed by atoms with E-state index in [1.807, 2.05) is 37.3 Å². The Bertz CT molecular complexity index is 822. The Balaban J connectivity index is 1.66. The molecular weight excluding hydrogens is 276 g/mol. The van der Waals surface area contributed by atoms with Gasteiger partial charge in [0.25, 0.3) is 0 Å². The van der Waals surface area contributed by atoms with Gasteiger partial charge in [-0.1, -0.05) is 29.8 Å². The van der Waals surface area contributed by atoms with Crippen molar-refractivity contribution in [1.29, 1.82) is 0 Å². The molecule has 3 N–H and O–H groups in total. The number of hydrogen-bond donors (Lipinski definition) is 3. The van der Waals surface area contributed by atoms with Gasteiger partial charge in [-0.25, -0.2) is 4.79 Å². The van der Waals surface area contributed by atoms with Crippen LogP contribution in [0, 0.1) is 13.8 Å². The third-order valence-corrected chi connectivity index (χ3v) is 3.67. The molecule has 0 aliphatic carbocycles. The molecule has 22 heavy (non-hydrogen) atoms. The van der Waals surface area contributed by atoms with E-state index in [1.54, 1.807) is 6.20 Å². The number of anilines is 1. The van der Waals surface area contributed by atoms with Crippen LogP contribution in [0.4, 0.5) is 10.5 Å². The first-order valence-electron chi connectivity index (χ1n) is 7.16. The maximum Gasteiger partial charge on any atom is 0.319 e. The minimum Gasteiger partial charge on any atom is -0.334 e. The van der Waals surface area contributed by atoms with Crippen molar-refractivity contribution in [1.82, 2.24) is 15.5 Å². The molecule has 3 rings (SSSR count). The van der Waals surface area contributed by atoms with Gasteiger partial charge < -0.3 is 10.6 Å². The summed E-state index contributed by atoms with van der Waals surface area (Å²) in [7, 11) is 0. The molecule has 0 unspecified atom stereocenters. The summed E-state index contributed by atoms with van der Waals surface area (Å²) in [6.07, 6.45) is 1.70. The van der Waals surface area contributed by atoms with Crippen LogP contribution in [0.5, 0.6) is 0 Å². The zero-order valence-electron chi connectivity index (χ0n) is 12.6. The Morgan fingerprint density at radius 2 is 2.09 bits per heavy atom. The highest BCUT2D eigenvalue weighted by Crippen LogP contribution is 2.20. The third-order valence-electron chi connectivity index (χ3n) is 3.67. The van der Waals surface area contributed by atoms with Gasteiger partial charge in [-0.3, -0.25) is 5.10 Å². The summed E-state index contributed by atoms with van der Waals surface area (Å²) in [5.74, 6) is 0. The number of rotatable bonds is 3. The topological polar surface area (TPSA) is 69.8 Å². The third kappa shape index (κ3) is 2.93. The number of aromatic amines is 1. The van der Waals surface area contributed by atoms with Gasteiger partial charge in [-0.15, -0.1) is 0 Å². The van der Waals surface area contributed by atoms with Crippen molar-refractivity contribution in [3.8, 4) is 0 Å². The first kappa shape index (κ1) is 14.1. The van der Waals surface area contributed by atoms with Gasteiger partial charge in [0.05, 0.1) is 17.4 Å². The molecule has 0 atom stereocenters. The van der Waals surface area contributed by atoms with Crippen LogP contribution in [0.3, 0.4) is 0 Å². The minimum atomic E-state index is -0.228. The van der Waals surface area contributed by atoms with Crippen molar-refractivity contribution in [2.75, 3.05) is 5.32 Å². The second kappa shape index (κ2) is 5.89. The van der Waals surface area contributed by atoms with E-state index in [1.165, 1.54) is 11.1 Å². The van der Waals surface area contributed by atoms with E-state index in [4.69, 9.17) is 0 Å². The maximum absolute atomic E-state index is 12.1. The number of benzene rings is 2. The number of carbonyl (C=O) groups is 1. The fourth-order valence-electron chi connectivity index (χ4n) is 2.46. The molecule has 2 amide bonds. The molecule has 1 heterocycles. The highest BCUT2D eigenvalue weighted by molar-refractivity contribution is 6.00. The average Bonchev–Trinajstić information content (AvgIpc) is 2.96. The summed E-state index contributed by atoms with van der Waals surface area (Å²) >= 11 is 0. The lowest BCUT2D eigenvalue weighted by Crippen LogP contribution is -2.28. The summed E-state index contributed by atoms with van der Waals surface area (Å²) in [4.78, 5) is 12.1. The summed E-state index contributed by atoms with van der Waals surface area (Å²) in [5, 5.41) is 13.5. The fourth-order valence-corrected chi connectivity index (χ4v) is 2.46. The monoisotopic (exact) mass is 294 g/mol. The predicted octanol–water partition coefficient (Wildman–Crippen LogP) is 3.50. The summed E-state index contributed by atoms with van der Waals surface area (Å²) < 4.78 is 0. The first-order chi connectivity index (χ1) is 10.6. The normalized spacial score (nSPS) is 10.6. The number of aromatic nitrogens is 2. The van der Waals surface area contributed by atoms with Gasteiger partial charge in [0.15, 0.2) is 0 Å². The van der Waals surface area contributed by atoms with Crippen LogP contribution in [0.15, 0.2) is 42.6 Å². The summed E-state index contributed by atoms with van der Waals surface area (Å²) in [6, 6.07) is 11.6. The molecule has 5 nitrogen and oxygen atoms in total. The lowest BCUT2D eigenvalue weighted by Gasteiger charge is -2.10. The SMILES string of the molecule is Cc1ccc(CNC(=O)Nc2cccc3[nH]ncc23)c(C)c1. The molecule has 5 heteroatoms. The zero-order valence-corrected chi connectivity index (χ0v) is 12.6. The smallest absolute Gasteiger partial charge is 0.319 e. The molecule has 1 aromatic heterocycles. The lowest BCUT2D eigenvalue weighted by atomic mass is 10.1. The van der Waals surface area contributed by atoms with Crippen molar-refractivity contribution < 1.29 is 4.79 Å². The molecular formula is C17H18N4O. The lowest BCUT2D eigenvalue weighted by molar-refractivity contribution is 0.252. The van der Waals surface area contributed by atoms with E-state index in [9.17, 15) is 4.79 Å². The molecule has 0 aliphatic rings. The molecule has 0 fully saturated rings. The van der Waals surface area contributed by atoms with Gasteiger partial charge in [-0.05, 0) is 37.1 Å². The quantitative estimate of drug-likeness (QED) is 0.692. The number of H-pyrrole nitrogens is 1. The summed E-state index contributed by atoms with van der Waals surface area (Å²) in [6.45, 7) is 4.61. The Morgan fingerprint density at radius 3 is 2.91 bits per heavy atom. The largest absolute Gasteiger partial charge is 0.334 e. The minimum absolute atomic E-state index is 0.228. The predicted molar refractivity (Wildman–Crippen MR) is 87.9 cm³/mol. The van der Waals surface area contributed by atoms with Gasteiger partial charge >= 0.3 is 6.03 Å². The summed E-state index contributed by atoms with van der Waals surface area (Å²) in [5.41, 5.74) is 5.15. The average molecular weight is 294 g/mol. The second-order valence-electron chi connectivity index (χ2n) is 5.37. The van der Waals surface area contributed by atoms with Crippen molar-refractivity contribution >= 4 is 22.6 Å². The molecule has 0 saturated carbocycles. The number of hydrogen-bond acceptors (Lipinski definition) is 2. The Morgan fingerprint density at radius 1 is 1.23 bits per heavy atom. The number of carbonyl (C=O) groups excluding carboxylic acids is 1. The van der Waals surface area contributed by atoms with E-state index in [0.29, 0.717) is 6.54 Å². The van der Waals surface area contributed by atoms with Crippen LogP contribution in [0.25, 0.3) is 10.9 Å². The van der Waals surface area contributed by atoms with Crippen LogP contribution in [0.2, 0.25) is 0 Å². The first-order valence-corrected chi connectivity index (χ1v) is 7.16. The van der Waals surface area contributed by atoms with Crippen molar-refractivity contribution in [2.24, 2.45) is 0 Å². The Hall–Kier alpha value is -2.82. The van der Waals surface area contributed by atoms with Crippen LogP contribution < -0.4 is 10.6 Å². The van der Waals surface area contributed by atoms with E-state index in [-0.39, 0.29) is 6.03 Å². The van der Waals surface area contributed by atoms with Gasteiger partial charge in [-0.2, -0.15) is 5.10 Å². The number of nitrogens with zero attached hydrogens (tertiary/aromatic N) is 1. The van der Waals surface area contributed by atoms with Crippen molar-refractivity contribution in [3.05, 3.63) is 59.3 Å². The molecule has 112 valence electrons. The van der Waals surface area contributed by atoms with E-state index >= 15 is 0 Å². The number of amides is 2. The molecule has 0 aliphatic heterocycles. The van der Waals surface area contributed by atoms with Crippen LogP contribution in [0.1, 0.15) is 16.7 Å². The standard InChI is InChI=1S/C17H18N4O/c1-11-6-7-13(12(2)8-11)9-18-17(22)20-15-4-3-5-16-14(15)10-19-21-16/h3-8,10H,9H2,1-2H3,(H,19,21)(H2,18,20,22). The molecule has 3 aromatic rings. The fraction of sp³-hybridized carbons (Fsp3) is 0.176. The Labute approximate surface area is 128 Å². The molecule has 0 bridgehead atoms. The molecule has 0 saturated heterocycles. The number of nitrogens with one attached hydrogen (secondary N) is 3. The van der Waals surface area contributed by atoms with Crippen LogP contribution in [-0.4, -0.2) is 16.2 Å². The second-order valence-corrected chi connectivity index (χ2v) is 5.37. The number of urea groups is 1. The maximum atomic E-state index is 12.1. The van der Waals surface area contributed by atoms with Gasteiger partial charge in [0.1, 0.15) is 0 Å². The van der Waals surface area contributed by atoms with Crippen LogP contribution >= 0.6 is 0 Å². The molecule has 0 spiro atoms. The highest BCUT2D eigenvalue weighted by atomic mass is 16.2. The molecule has 2 aromatic carbocycles. The van der Waals surface area contributed by atoms with Crippen molar-refractivity contribution in [3.63, 3.8) is 0 Å². The van der Waals surface area contributed by atoms with Crippen molar-refractivity contribution in [2.45, 2.75) is 20.4 Å². The number of fused-ring (bicyclic) bond motifs is 1. The van der Waals surface area contributed by atoms with E-state index in [2.05, 4.69) is 33.8 Å². The zero-order chi connectivity index (χ0) is 15.5. The highest BCUT2D eigenvalue weighted by Gasteiger charge is 2.07. The van der Waals surface area contributed by atoms with E-state index < -0.39 is 0 Å². The van der Waals surface area contributed by atoms with Crippen LogP contribution in [-0.2, 0) is 6.54 Å². The van der Waals surface area contributed by atoms with Gasteiger partial charge in [0.2, 0.25) is 0 Å². The van der Waals surface area contributed by atoms with Gasteiger partial charge in [0, 0.05) is 11.9 Å². The van der Waals surface area contributed by atoms with E-state index in [0.717, 1.165) is 22.2 Å².